The molecule has 0 unspecified atom stereocenters. The van der Waals surface area contributed by atoms with Gasteiger partial charge in [0.05, 0.1) is 12.7 Å². The van der Waals surface area contributed by atoms with E-state index in [2.05, 4.69) is 10.2 Å². The maximum atomic E-state index is 10.8. The smallest absolute Gasteiger partial charge is 0.404 e. The van der Waals surface area contributed by atoms with Crippen molar-refractivity contribution in [2.75, 3.05) is 26.2 Å². The number of amides is 1. The van der Waals surface area contributed by atoms with Crippen LogP contribution >= 0.6 is 0 Å². The zero-order valence-electron chi connectivity index (χ0n) is 16.0. The van der Waals surface area contributed by atoms with Crippen LogP contribution in [0, 0.1) is 0 Å². The first-order valence-electron chi connectivity index (χ1n) is 9.80. The fourth-order valence-electron chi connectivity index (χ4n) is 3.44. The zero-order valence-corrected chi connectivity index (χ0v) is 16.0. The molecule has 3 rings (SSSR count). The molecule has 1 aliphatic rings. The molecule has 6 nitrogen and oxygen atoms in total. The first-order chi connectivity index (χ1) is 13.6. The summed E-state index contributed by atoms with van der Waals surface area (Å²) in [5.74, 6) is 0.768. The van der Waals surface area contributed by atoms with Gasteiger partial charge in [-0.3, -0.25) is 0 Å². The van der Waals surface area contributed by atoms with Crippen molar-refractivity contribution in [3.63, 3.8) is 0 Å². The van der Waals surface area contributed by atoms with Crippen LogP contribution in [-0.4, -0.2) is 53.6 Å². The predicted octanol–water partition coefficient (Wildman–Crippen LogP) is 3.35. The lowest BCUT2D eigenvalue weighted by atomic mass is 10.0. The van der Waals surface area contributed by atoms with Crippen molar-refractivity contribution in [1.29, 1.82) is 0 Å². The average molecular weight is 384 g/mol. The van der Waals surface area contributed by atoms with Crippen LogP contribution in [0.5, 0.6) is 5.75 Å². The van der Waals surface area contributed by atoms with Gasteiger partial charge in [-0.15, -0.1) is 0 Å². The maximum absolute atomic E-state index is 10.8. The van der Waals surface area contributed by atoms with E-state index in [4.69, 9.17) is 9.84 Å². The highest BCUT2D eigenvalue weighted by molar-refractivity contribution is 5.71. The highest BCUT2D eigenvalue weighted by atomic mass is 16.5. The van der Waals surface area contributed by atoms with E-state index in [0.717, 1.165) is 61.3 Å². The van der Waals surface area contributed by atoms with Crippen molar-refractivity contribution < 1.29 is 19.7 Å². The van der Waals surface area contributed by atoms with Gasteiger partial charge in [0.1, 0.15) is 5.75 Å². The Bertz CT molecular complexity index is 758. The van der Waals surface area contributed by atoms with E-state index in [1.54, 1.807) is 0 Å². The van der Waals surface area contributed by atoms with Gasteiger partial charge in [-0.2, -0.15) is 0 Å². The molecule has 1 heterocycles. The maximum Gasteiger partial charge on any atom is 0.404 e. The van der Waals surface area contributed by atoms with Gasteiger partial charge in [0.2, 0.25) is 0 Å². The minimum absolute atomic E-state index is 0.150. The van der Waals surface area contributed by atoms with E-state index >= 15 is 0 Å². The second-order valence-corrected chi connectivity index (χ2v) is 7.13. The number of likely N-dealkylation sites (tertiary alicyclic amines) is 1. The molecule has 1 saturated heterocycles. The number of benzene rings is 2. The number of aliphatic hydroxyl groups excluding tert-OH is 1. The number of ether oxygens (including phenoxy) is 1. The van der Waals surface area contributed by atoms with Gasteiger partial charge in [-0.05, 0) is 36.5 Å². The van der Waals surface area contributed by atoms with Crippen molar-refractivity contribution in [3.05, 3.63) is 54.1 Å². The molecule has 6 heteroatoms. The summed E-state index contributed by atoms with van der Waals surface area (Å²) in [6.45, 7) is 3.67. The van der Waals surface area contributed by atoms with E-state index in [1.165, 1.54) is 0 Å². The summed E-state index contributed by atoms with van der Waals surface area (Å²) in [7, 11) is 0. The van der Waals surface area contributed by atoms with Gasteiger partial charge in [0.25, 0.3) is 0 Å². The lowest BCUT2D eigenvalue weighted by Gasteiger charge is -2.29. The van der Waals surface area contributed by atoms with Crippen LogP contribution < -0.4 is 10.1 Å². The predicted molar refractivity (Wildman–Crippen MR) is 109 cm³/mol. The molecule has 1 amide bonds. The van der Waals surface area contributed by atoms with Crippen molar-refractivity contribution in [1.82, 2.24) is 10.2 Å². The van der Waals surface area contributed by atoms with Crippen LogP contribution in [0.4, 0.5) is 4.79 Å². The molecule has 0 bridgehead atoms. The van der Waals surface area contributed by atoms with Crippen molar-refractivity contribution in [2.45, 2.75) is 31.9 Å². The summed E-state index contributed by atoms with van der Waals surface area (Å²) in [6.07, 6.45) is 1.40. The van der Waals surface area contributed by atoms with Crippen LogP contribution in [-0.2, 0) is 6.54 Å². The standard InChI is InChI=1S/C22H28N2O4/c25-19-9-12-24(13-10-19)11-4-14-28-21-15-17(16-23-22(26)27)7-8-20(21)18-5-2-1-3-6-18/h1-3,5-8,15,19,23,25H,4,9-14,16H2,(H,26,27). The summed E-state index contributed by atoms with van der Waals surface area (Å²) in [4.78, 5) is 13.1. The van der Waals surface area contributed by atoms with Gasteiger partial charge < -0.3 is 25.2 Å². The first kappa shape index (κ1) is 20.2. The fourth-order valence-corrected chi connectivity index (χ4v) is 3.44. The number of nitrogens with one attached hydrogen (secondary N) is 1. The first-order valence-corrected chi connectivity index (χ1v) is 9.80. The Hall–Kier alpha value is -2.57. The topological polar surface area (TPSA) is 82.0 Å². The Kier molecular flexibility index (Phi) is 7.28. The highest BCUT2D eigenvalue weighted by Crippen LogP contribution is 2.31. The molecule has 2 aromatic rings. The SMILES string of the molecule is O=C(O)NCc1ccc(-c2ccccc2)c(OCCCN2CCC(O)CC2)c1. The number of aliphatic hydroxyl groups is 1. The largest absolute Gasteiger partial charge is 0.493 e. The minimum Gasteiger partial charge on any atom is -0.493 e. The number of hydrogen-bond acceptors (Lipinski definition) is 4. The second-order valence-electron chi connectivity index (χ2n) is 7.13. The summed E-state index contributed by atoms with van der Waals surface area (Å²) in [5.41, 5.74) is 2.93. The molecule has 0 aromatic heterocycles. The Balaban J connectivity index is 1.62. The van der Waals surface area contributed by atoms with Crippen molar-refractivity contribution >= 4 is 6.09 Å². The molecule has 1 aliphatic heterocycles. The van der Waals surface area contributed by atoms with Crippen LogP contribution in [0.3, 0.4) is 0 Å². The average Bonchev–Trinajstić information content (AvgIpc) is 2.72. The van der Waals surface area contributed by atoms with Crippen molar-refractivity contribution in [2.24, 2.45) is 0 Å². The molecule has 150 valence electrons. The minimum atomic E-state index is -1.04. The molecule has 0 aliphatic carbocycles. The van der Waals surface area contributed by atoms with Gasteiger partial charge in [0.15, 0.2) is 0 Å². The summed E-state index contributed by atoms with van der Waals surface area (Å²) in [6, 6.07) is 15.8. The van der Waals surface area contributed by atoms with Crippen LogP contribution in [0.1, 0.15) is 24.8 Å². The molecule has 0 atom stereocenters. The molecule has 0 saturated carbocycles. The number of rotatable bonds is 8. The third-order valence-electron chi connectivity index (χ3n) is 5.01. The summed E-state index contributed by atoms with van der Waals surface area (Å²) < 4.78 is 6.10. The molecule has 0 radical (unpaired) electrons. The number of carbonyl (C=O) groups is 1. The molecule has 3 N–H and O–H groups in total. The normalized spacial score (nSPS) is 15.3. The Morgan fingerprint density at radius 3 is 2.61 bits per heavy atom. The van der Waals surface area contributed by atoms with Crippen molar-refractivity contribution in [3.8, 4) is 16.9 Å². The van der Waals surface area contributed by atoms with E-state index < -0.39 is 6.09 Å². The Morgan fingerprint density at radius 2 is 1.89 bits per heavy atom. The number of hydrogen-bond donors (Lipinski definition) is 3. The molecule has 28 heavy (non-hydrogen) atoms. The summed E-state index contributed by atoms with van der Waals surface area (Å²) in [5, 5.41) is 20.8. The van der Waals surface area contributed by atoms with E-state index in [1.807, 2.05) is 48.5 Å². The molecule has 2 aromatic carbocycles. The van der Waals surface area contributed by atoms with Crippen LogP contribution in [0.2, 0.25) is 0 Å². The third kappa shape index (κ3) is 5.97. The zero-order chi connectivity index (χ0) is 19.8. The molecule has 0 spiro atoms. The fraction of sp³-hybridized carbons (Fsp3) is 0.409. The Morgan fingerprint density at radius 1 is 1.14 bits per heavy atom. The van der Waals surface area contributed by atoms with Gasteiger partial charge in [-0.25, -0.2) is 4.79 Å². The van der Waals surface area contributed by atoms with Crippen LogP contribution in [0.25, 0.3) is 11.1 Å². The number of nitrogens with zero attached hydrogens (tertiary/aromatic N) is 1. The lowest BCUT2D eigenvalue weighted by Crippen LogP contribution is -2.36. The van der Waals surface area contributed by atoms with E-state index in [-0.39, 0.29) is 12.6 Å². The monoisotopic (exact) mass is 384 g/mol. The molecular formula is C22H28N2O4. The quantitative estimate of drug-likeness (QED) is 0.608. The second kappa shape index (κ2) is 10.1. The van der Waals surface area contributed by atoms with E-state index in [0.29, 0.717) is 6.61 Å². The summed E-state index contributed by atoms with van der Waals surface area (Å²) >= 11 is 0. The van der Waals surface area contributed by atoms with Gasteiger partial charge in [0, 0.05) is 31.7 Å². The number of carboxylic acid groups (broad SMARTS) is 1. The van der Waals surface area contributed by atoms with Crippen LogP contribution in [0.15, 0.2) is 48.5 Å². The highest BCUT2D eigenvalue weighted by Gasteiger charge is 2.16. The van der Waals surface area contributed by atoms with E-state index in [9.17, 15) is 9.90 Å². The van der Waals surface area contributed by atoms with Gasteiger partial charge >= 0.3 is 6.09 Å². The molecule has 1 fully saturated rings. The Labute approximate surface area is 165 Å². The number of piperidine rings is 1. The lowest BCUT2D eigenvalue weighted by molar-refractivity contribution is 0.0800. The van der Waals surface area contributed by atoms with Gasteiger partial charge in [-0.1, -0.05) is 42.5 Å². The molecular weight excluding hydrogens is 356 g/mol. The third-order valence-corrected chi connectivity index (χ3v) is 5.01.